The molecule has 2 unspecified atom stereocenters. The highest BCUT2D eigenvalue weighted by atomic mass is 16.5. The number of carbonyl (C=O) groups excluding carboxylic acids is 1. The summed E-state index contributed by atoms with van der Waals surface area (Å²) in [5, 5.41) is 12.4. The molecule has 26 heavy (non-hydrogen) atoms. The van der Waals surface area contributed by atoms with Crippen molar-refractivity contribution in [3.63, 3.8) is 0 Å². The van der Waals surface area contributed by atoms with Gasteiger partial charge in [0.2, 0.25) is 0 Å². The van der Waals surface area contributed by atoms with Gasteiger partial charge in [0.05, 0.1) is 6.10 Å². The maximum absolute atomic E-state index is 12.3. The highest BCUT2D eigenvalue weighted by Gasteiger charge is 2.66. The van der Waals surface area contributed by atoms with Crippen molar-refractivity contribution in [1.29, 1.82) is 0 Å². The average Bonchev–Trinajstić information content (AvgIpc) is 2.58. The first kappa shape index (κ1) is 20.2. The molecule has 0 bridgehead atoms. The van der Waals surface area contributed by atoms with E-state index in [1.54, 1.807) is 13.8 Å². The van der Waals surface area contributed by atoms with Gasteiger partial charge >= 0.3 is 5.97 Å². The van der Waals surface area contributed by atoms with Crippen molar-refractivity contribution in [1.82, 2.24) is 5.32 Å². The predicted octanol–water partition coefficient (Wildman–Crippen LogP) is 2.96. The zero-order valence-electron chi connectivity index (χ0n) is 16.2. The molecular weight excluding hydrogens is 334 g/mol. The largest absolute Gasteiger partial charge is 0.484 e. The number of hydrogen-bond donors (Lipinski definition) is 2. The summed E-state index contributed by atoms with van der Waals surface area (Å²) >= 11 is 0. The van der Waals surface area contributed by atoms with Gasteiger partial charge in [-0.05, 0) is 30.5 Å². The second-order valence-electron chi connectivity index (χ2n) is 7.64. The lowest BCUT2D eigenvalue weighted by molar-refractivity contribution is -0.194. The molecule has 0 aromatic heterocycles. The Morgan fingerprint density at radius 3 is 2.35 bits per heavy atom. The molecule has 0 heterocycles. The Morgan fingerprint density at radius 2 is 1.88 bits per heavy atom. The molecule has 1 aliphatic carbocycles. The van der Waals surface area contributed by atoms with Crippen molar-refractivity contribution in [3.05, 3.63) is 29.8 Å². The lowest BCUT2D eigenvalue weighted by Crippen LogP contribution is -2.76. The second-order valence-corrected chi connectivity index (χ2v) is 7.64. The van der Waals surface area contributed by atoms with E-state index in [4.69, 9.17) is 9.47 Å². The van der Waals surface area contributed by atoms with Gasteiger partial charge in [-0.3, -0.25) is 4.79 Å². The molecule has 1 aromatic rings. The van der Waals surface area contributed by atoms with Gasteiger partial charge in [0, 0.05) is 18.4 Å². The molecular formula is C20H29NO5. The number of nitrogens with one attached hydrogen (secondary N) is 1. The summed E-state index contributed by atoms with van der Waals surface area (Å²) in [7, 11) is 0. The summed E-state index contributed by atoms with van der Waals surface area (Å²) in [6.45, 7) is 9.95. The molecule has 1 aromatic carbocycles. The van der Waals surface area contributed by atoms with Crippen molar-refractivity contribution < 1.29 is 24.2 Å². The Balaban J connectivity index is 1.98. The number of aliphatic carboxylic acids is 1. The van der Waals surface area contributed by atoms with Crippen LogP contribution in [0.15, 0.2) is 24.3 Å². The molecule has 2 N–H and O–H groups in total. The average molecular weight is 363 g/mol. The van der Waals surface area contributed by atoms with E-state index in [0.717, 1.165) is 0 Å². The van der Waals surface area contributed by atoms with E-state index in [0.29, 0.717) is 18.3 Å². The molecule has 1 fully saturated rings. The van der Waals surface area contributed by atoms with Crippen molar-refractivity contribution in [3.8, 4) is 5.75 Å². The predicted molar refractivity (Wildman–Crippen MR) is 98.3 cm³/mol. The molecule has 2 rings (SSSR count). The lowest BCUT2D eigenvalue weighted by Gasteiger charge is -2.58. The van der Waals surface area contributed by atoms with E-state index < -0.39 is 22.8 Å². The monoisotopic (exact) mass is 363 g/mol. The van der Waals surface area contributed by atoms with Crippen LogP contribution in [0.4, 0.5) is 0 Å². The van der Waals surface area contributed by atoms with Crippen LogP contribution in [-0.4, -0.2) is 41.8 Å². The molecule has 144 valence electrons. The minimum absolute atomic E-state index is 0.201. The Bertz CT molecular complexity index is 653. The topological polar surface area (TPSA) is 84.9 Å². The number of hydrogen-bond acceptors (Lipinski definition) is 4. The number of amides is 1. The van der Waals surface area contributed by atoms with Gasteiger partial charge < -0.3 is 19.9 Å². The van der Waals surface area contributed by atoms with E-state index in [1.165, 1.54) is 5.56 Å². The summed E-state index contributed by atoms with van der Waals surface area (Å²) in [4.78, 5) is 24.2. The molecule has 1 aliphatic rings. The first-order chi connectivity index (χ1) is 12.1. The third kappa shape index (κ3) is 3.70. The molecule has 6 heteroatoms. The number of rotatable bonds is 8. The molecule has 0 spiro atoms. The van der Waals surface area contributed by atoms with Gasteiger partial charge in [0.25, 0.3) is 5.91 Å². The van der Waals surface area contributed by atoms with Crippen LogP contribution in [0.1, 0.15) is 52.5 Å². The van der Waals surface area contributed by atoms with Crippen LogP contribution < -0.4 is 10.1 Å². The minimum Gasteiger partial charge on any atom is -0.484 e. The fourth-order valence-corrected chi connectivity index (χ4v) is 3.41. The van der Waals surface area contributed by atoms with Crippen LogP contribution in [0.5, 0.6) is 5.75 Å². The van der Waals surface area contributed by atoms with Gasteiger partial charge in [0.1, 0.15) is 11.3 Å². The molecule has 2 atom stereocenters. The molecule has 1 amide bonds. The fourth-order valence-electron chi connectivity index (χ4n) is 3.41. The van der Waals surface area contributed by atoms with Gasteiger partial charge in [0.15, 0.2) is 6.61 Å². The minimum atomic E-state index is -1.34. The van der Waals surface area contributed by atoms with Gasteiger partial charge in [-0.1, -0.05) is 39.8 Å². The summed E-state index contributed by atoms with van der Waals surface area (Å²) in [6, 6.07) is 7.54. The maximum Gasteiger partial charge on any atom is 0.330 e. The van der Waals surface area contributed by atoms with E-state index in [2.05, 4.69) is 19.2 Å². The zero-order chi connectivity index (χ0) is 19.5. The number of benzene rings is 1. The number of carboxylic acid groups (broad SMARTS) is 1. The number of carbonyl (C=O) groups is 2. The number of ether oxygens (including phenoxy) is 2. The van der Waals surface area contributed by atoms with Gasteiger partial charge in [-0.25, -0.2) is 4.79 Å². The van der Waals surface area contributed by atoms with Crippen LogP contribution >= 0.6 is 0 Å². The quantitative estimate of drug-likeness (QED) is 0.742. The van der Waals surface area contributed by atoms with Crippen LogP contribution in [-0.2, 0) is 14.3 Å². The van der Waals surface area contributed by atoms with Crippen molar-refractivity contribution >= 4 is 11.9 Å². The molecule has 0 aliphatic heterocycles. The van der Waals surface area contributed by atoms with Gasteiger partial charge in [-0.2, -0.15) is 0 Å². The Hall–Kier alpha value is -2.08. The van der Waals surface area contributed by atoms with Crippen LogP contribution in [0, 0.1) is 5.41 Å². The summed E-state index contributed by atoms with van der Waals surface area (Å²) in [6.07, 6.45) is 0.0475. The van der Waals surface area contributed by atoms with E-state index >= 15 is 0 Å². The molecule has 0 saturated heterocycles. The molecule has 1 saturated carbocycles. The third-order valence-electron chi connectivity index (χ3n) is 5.40. The van der Waals surface area contributed by atoms with E-state index in [9.17, 15) is 14.7 Å². The molecule has 0 radical (unpaired) electrons. The SMILES string of the molecule is CCOC1CC(NC(=O)COc2ccc(C(C)C)cc2)(C(=O)O)C1(C)C. The Labute approximate surface area is 154 Å². The molecule has 6 nitrogen and oxygen atoms in total. The van der Waals surface area contributed by atoms with Crippen LogP contribution in [0.2, 0.25) is 0 Å². The summed E-state index contributed by atoms with van der Waals surface area (Å²) < 4.78 is 11.1. The van der Waals surface area contributed by atoms with E-state index in [1.807, 2.05) is 31.2 Å². The normalized spacial score (nSPS) is 24.0. The standard InChI is InChI=1S/C20H29NO5/c1-6-25-16-11-20(18(23)24,19(16,4)5)21-17(22)12-26-15-9-7-14(8-10-15)13(2)3/h7-10,13,16H,6,11-12H2,1-5H3,(H,21,22)(H,23,24). The van der Waals surface area contributed by atoms with Crippen molar-refractivity contribution in [2.45, 2.75) is 58.6 Å². The first-order valence-electron chi connectivity index (χ1n) is 9.02. The lowest BCUT2D eigenvalue weighted by atomic mass is 9.54. The van der Waals surface area contributed by atoms with Crippen LogP contribution in [0.3, 0.4) is 0 Å². The summed E-state index contributed by atoms with van der Waals surface area (Å²) in [5.41, 5.74) is -0.858. The summed E-state index contributed by atoms with van der Waals surface area (Å²) in [5.74, 6) is -0.507. The first-order valence-corrected chi connectivity index (χ1v) is 9.02. The van der Waals surface area contributed by atoms with Crippen molar-refractivity contribution in [2.75, 3.05) is 13.2 Å². The van der Waals surface area contributed by atoms with Crippen molar-refractivity contribution in [2.24, 2.45) is 5.41 Å². The zero-order valence-corrected chi connectivity index (χ0v) is 16.2. The van der Waals surface area contributed by atoms with E-state index in [-0.39, 0.29) is 19.1 Å². The fraction of sp³-hybridized carbons (Fsp3) is 0.600. The highest BCUT2D eigenvalue weighted by Crippen LogP contribution is 2.51. The Morgan fingerprint density at radius 1 is 1.27 bits per heavy atom. The smallest absolute Gasteiger partial charge is 0.330 e. The number of carboxylic acids is 1. The third-order valence-corrected chi connectivity index (χ3v) is 5.40. The maximum atomic E-state index is 12.3. The Kier molecular flexibility index (Phi) is 5.96. The van der Waals surface area contributed by atoms with Gasteiger partial charge in [-0.15, -0.1) is 0 Å². The van der Waals surface area contributed by atoms with Crippen LogP contribution in [0.25, 0.3) is 0 Å². The second kappa shape index (κ2) is 7.66. The highest BCUT2D eigenvalue weighted by molar-refractivity contribution is 5.90.